The summed E-state index contributed by atoms with van der Waals surface area (Å²) in [6.45, 7) is 7.96. The largest absolute Gasteiger partial charge is 0.289 e. The monoisotopic (exact) mass is 670 g/mol. The summed E-state index contributed by atoms with van der Waals surface area (Å²) in [5.74, 6) is 0. The highest BCUT2D eigenvalue weighted by Gasteiger charge is 2.13. The van der Waals surface area contributed by atoms with Crippen molar-refractivity contribution in [2.75, 3.05) is 0 Å². The zero-order chi connectivity index (χ0) is 34.7. The first-order valence-corrected chi connectivity index (χ1v) is 17.8. The maximum Gasteiger partial charge on any atom is 0.195 e. The molecule has 2 heteroatoms. The van der Waals surface area contributed by atoms with Gasteiger partial charge >= 0.3 is 0 Å². The first-order valence-electron chi connectivity index (χ1n) is 17.0. The van der Waals surface area contributed by atoms with Crippen LogP contribution in [0, 0.1) is 0 Å². The highest BCUT2D eigenvalue weighted by molar-refractivity contribution is 7.24. The van der Waals surface area contributed by atoms with Crippen molar-refractivity contribution >= 4 is 37.1 Å². The highest BCUT2D eigenvalue weighted by atomic mass is 32.1. The van der Waals surface area contributed by atoms with Gasteiger partial charge in [-0.15, -0.1) is 11.3 Å². The molecule has 242 valence electrons. The Labute approximate surface area is 302 Å². The number of fused-ring (bicyclic) bond motifs is 2. The van der Waals surface area contributed by atoms with E-state index in [1.807, 2.05) is 30.4 Å². The van der Waals surface area contributed by atoms with Crippen molar-refractivity contribution in [3.8, 4) is 55.6 Å². The van der Waals surface area contributed by atoms with Gasteiger partial charge < -0.3 is 0 Å². The van der Waals surface area contributed by atoms with Crippen molar-refractivity contribution in [2.45, 2.75) is 0 Å². The van der Waals surface area contributed by atoms with E-state index in [-0.39, 0.29) is 5.43 Å². The van der Waals surface area contributed by atoms with Crippen LogP contribution in [0.3, 0.4) is 0 Å². The zero-order valence-corrected chi connectivity index (χ0v) is 28.9. The summed E-state index contributed by atoms with van der Waals surface area (Å²) in [7, 11) is 0. The van der Waals surface area contributed by atoms with Crippen molar-refractivity contribution < 1.29 is 0 Å². The molecular formula is C49H34OS. The molecule has 1 aromatic heterocycles. The third-order valence-corrected chi connectivity index (χ3v) is 10.5. The standard InChI is InChI=1S/C49H34OS/c1-3-14-33(4-2)39-25-40(34-15-8-5-9-16-34)28-43(26-39)37-21-23-47-45(31-37)49(50)46-32-38(22-24-48(46)51-47)44-29-41(35-17-10-6-11-18-35)27-42(30-44)36-19-12-7-13-20-36/h3-32H,1-2H2. The smallest absolute Gasteiger partial charge is 0.195 e. The van der Waals surface area contributed by atoms with Crippen LogP contribution in [0.2, 0.25) is 0 Å². The summed E-state index contributed by atoms with van der Waals surface area (Å²) in [5.41, 5.74) is 13.0. The van der Waals surface area contributed by atoms with E-state index >= 15 is 0 Å². The Bertz CT molecular complexity index is 2610. The van der Waals surface area contributed by atoms with E-state index < -0.39 is 0 Å². The number of allylic oxidation sites excluding steroid dienone is 4. The lowest BCUT2D eigenvalue weighted by Gasteiger charge is -2.13. The van der Waals surface area contributed by atoms with E-state index in [9.17, 15) is 4.79 Å². The van der Waals surface area contributed by atoms with Crippen molar-refractivity contribution in [2.24, 2.45) is 0 Å². The molecule has 0 saturated heterocycles. The molecule has 0 spiro atoms. The lowest BCUT2D eigenvalue weighted by molar-refractivity contribution is 1.56. The number of benzene rings is 7. The van der Waals surface area contributed by atoms with Gasteiger partial charge in [0.25, 0.3) is 0 Å². The summed E-state index contributed by atoms with van der Waals surface area (Å²) < 4.78 is 1.95. The molecule has 0 aliphatic heterocycles. The van der Waals surface area contributed by atoms with E-state index in [4.69, 9.17) is 0 Å². The molecule has 8 rings (SSSR count). The van der Waals surface area contributed by atoms with Gasteiger partial charge in [0, 0.05) is 20.2 Å². The maximum absolute atomic E-state index is 14.4. The van der Waals surface area contributed by atoms with Crippen LogP contribution in [0.25, 0.3) is 81.4 Å². The van der Waals surface area contributed by atoms with Crippen LogP contribution >= 0.6 is 11.3 Å². The zero-order valence-electron chi connectivity index (χ0n) is 28.1. The predicted molar refractivity (Wildman–Crippen MR) is 221 cm³/mol. The molecule has 0 fully saturated rings. The number of rotatable bonds is 8. The topological polar surface area (TPSA) is 17.1 Å². The van der Waals surface area contributed by atoms with Crippen LogP contribution < -0.4 is 5.43 Å². The van der Waals surface area contributed by atoms with Gasteiger partial charge in [0.2, 0.25) is 0 Å². The third-order valence-electron chi connectivity index (χ3n) is 9.37. The number of hydrogen-bond acceptors (Lipinski definition) is 2. The fourth-order valence-electron chi connectivity index (χ4n) is 6.77. The first kappa shape index (κ1) is 31.9. The predicted octanol–water partition coefficient (Wildman–Crippen LogP) is 13.5. The van der Waals surface area contributed by atoms with Crippen LogP contribution in [0.1, 0.15) is 5.56 Å². The van der Waals surface area contributed by atoms with Crippen LogP contribution in [-0.4, -0.2) is 0 Å². The molecule has 0 amide bonds. The Kier molecular flexibility index (Phi) is 8.68. The lowest BCUT2D eigenvalue weighted by Crippen LogP contribution is -2.01. The fourth-order valence-corrected chi connectivity index (χ4v) is 7.80. The van der Waals surface area contributed by atoms with Gasteiger partial charge in [-0.2, -0.15) is 0 Å². The van der Waals surface area contributed by atoms with Gasteiger partial charge in [0.15, 0.2) is 5.43 Å². The minimum absolute atomic E-state index is 0.0442. The van der Waals surface area contributed by atoms with Crippen LogP contribution in [0.15, 0.2) is 200 Å². The molecule has 1 nitrogen and oxygen atoms in total. The van der Waals surface area contributed by atoms with Crippen molar-refractivity contribution in [3.05, 3.63) is 211 Å². The molecule has 0 atom stereocenters. The summed E-state index contributed by atoms with van der Waals surface area (Å²) in [5, 5.41) is 1.46. The van der Waals surface area contributed by atoms with Gasteiger partial charge in [-0.3, -0.25) is 4.79 Å². The molecule has 0 radical (unpaired) electrons. The van der Waals surface area contributed by atoms with Crippen LogP contribution in [-0.2, 0) is 0 Å². The Hall–Kier alpha value is -6.35. The SMILES string of the molecule is C=CC=C(C=C)c1cc(-c2ccccc2)cc(-c2ccc3sc4ccc(-c5cc(-c6ccccc6)cc(-c6ccccc6)c5)cc4c(=O)c3c2)c1. The average molecular weight is 671 g/mol. The molecule has 0 aliphatic rings. The van der Waals surface area contributed by atoms with Crippen LogP contribution in [0.4, 0.5) is 0 Å². The summed E-state index contributed by atoms with van der Waals surface area (Å²) in [4.78, 5) is 14.4. The molecule has 0 bridgehead atoms. The normalized spacial score (nSPS) is 11.5. The van der Waals surface area contributed by atoms with Gasteiger partial charge in [-0.25, -0.2) is 0 Å². The molecule has 0 saturated carbocycles. The Morgan fingerprint density at radius 3 is 1.24 bits per heavy atom. The summed E-state index contributed by atoms with van der Waals surface area (Å²) >= 11 is 1.66. The molecule has 1 heterocycles. The van der Waals surface area contributed by atoms with E-state index in [1.165, 1.54) is 0 Å². The summed E-state index contributed by atoms with van der Waals surface area (Å²) in [6.07, 6.45) is 5.61. The molecular weight excluding hydrogens is 637 g/mol. The second-order valence-electron chi connectivity index (χ2n) is 12.6. The molecule has 0 unspecified atom stereocenters. The number of hydrogen-bond donors (Lipinski definition) is 0. The molecule has 51 heavy (non-hydrogen) atoms. The molecule has 0 aliphatic carbocycles. The molecule has 8 aromatic rings. The minimum atomic E-state index is 0.0442. The quantitative estimate of drug-likeness (QED) is 0.116. The maximum atomic E-state index is 14.4. The first-order chi connectivity index (χ1) is 25.1. The van der Waals surface area contributed by atoms with Gasteiger partial charge in [0.1, 0.15) is 0 Å². The third kappa shape index (κ3) is 6.41. The Morgan fingerprint density at radius 2 is 0.824 bits per heavy atom. The van der Waals surface area contributed by atoms with E-state index in [1.54, 1.807) is 17.4 Å². The molecule has 0 N–H and O–H groups in total. The van der Waals surface area contributed by atoms with Crippen molar-refractivity contribution in [3.63, 3.8) is 0 Å². The van der Waals surface area contributed by atoms with Gasteiger partial charge in [-0.05, 0) is 127 Å². The highest BCUT2D eigenvalue weighted by Crippen LogP contribution is 2.37. The van der Waals surface area contributed by atoms with Crippen molar-refractivity contribution in [1.29, 1.82) is 0 Å². The Balaban J connectivity index is 1.27. The van der Waals surface area contributed by atoms with Crippen LogP contribution in [0.5, 0.6) is 0 Å². The van der Waals surface area contributed by atoms with Gasteiger partial charge in [0.05, 0.1) is 0 Å². The fraction of sp³-hybridized carbons (Fsp3) is 0. The Morgan fingerprint density at radius 1 is 0.431 bits per heavy atom. The lowest BCUT2D eigenvalue weighted by atomic mass is 9.92. The van der Waals surface area contributed by atoms with E-state index in [0.717, 1.165) is 86.9 Å². The summed E-state index contributed by atoms with van der Waals surface area (Å²) in [6, 6.07) is 57.1. The minimum Gasteiger partial charge on any atom is -0.289 e. The van der Waals surface area contributed by atoms with E-state index in [2.05, 4.69) is 159 Å². The van der Waals surface area contributed by atoms with Gasteiger partial charge in [-0.1, -0.05) is 135 Å². The average Bonchev–Trinajstić information content (AvgIpc) is 3.20. The van der Waals surface area contributed by atoms with Crippen molar-refractivity contribution in [1.82, 2.24) is 0 Å². The van der Waals surface area contributed by atoms with E-state index in [0.29, 0.717) is 0 Å². The second kappa shape index (κ2) is 13.9. The molecule has 7 aromatic carbocycles. The second-order valence-corrected chi connectivity index (χ2v) is 13.7.